The van der Waals surface area contributed by atoms with E-state index in [2.05, 4.69) is 0 Å². The van der Waals surface area contributed by atoms with Gasteiger partial charge in [-0.25, -0.2) is 4.79 Å². The summed E-state index contributed by atoms with van der Waals surface area (Å²) in [5.74, 6) is -1.07. The van der Waals surface area contributed by atoms with Gasteiger partial charge in [0.1, 0.15) is 16.7 Å². The molecule has 0 saturated heterocycles. The number of benzene rings is 1. The Morgan fingerprint density at radius 2 is 2.00 bits per heavy atom. The van der Waals surface area contributed by atoms with Crippen LogP contribution in [0.1, 0.15) is 45.1 Å². The van der Waals surface area contributed by atoms with Crippen molar-refractivity contribution in [1.29, 1.82) is 0 Å². The second-order valence-electron chi connectivity index (χ2n) is 7.36. The van der Waals surface area contributed by atoms with Gasteiger partial charge < -0.3 is 20.1 Å². The second kappa shape index (κ2) is 7.06. The summed E-state index contributed by atoms with van der Waals surface area (Å²) < 4.78 is 11.0. The Balaban J connectivity index is 2.08. The minimum Gasteiger partial charge on any atom is -0.462 e. The topological polar surface area (TPSA) is 98.9 Å². The largest absolute Gasteiger partial charge is 0.462 e. The molecular formula is C22H24N2O5. The van der Waals surface area contributed by atoms with Crippen molar-refractivity contribution in [2.24, 2.45) is 5.73 Å². The van der Waals surface area contributed by atoms with Gasteiger partial charge in [-0.2, -0.15) is 0 Å². The molecule has 4 rings (SSSR count). The molecule has 2 N–H and O–H groups in total. The highest BCUT2D eigenvalue weighted by Crippen LogP contribution is 2.56. The summed E-state index contributed by atoms with van der Waals surface area (Å²) in [6, 6.07) is 7.25. The number of nitrogens with two attached hydrogens (primary N) is 1. The third-order valence-corrected chi connectivity index (χ3v) is 5.69. The lowest BCUT2D eigenvalue weighted by molar-refractivity contribution is -0.141. The van der Waals surface area contributed by atoms with Crippen molar-refractivity contribution in [2.75, 3.05) is 18.1 Å². The number of hydrogen-bond donors (Lipinski definition) is 1. The van der Waals surface area contributed by atoms with Crippen LogP contribution in [0.5, 0.6) is 0 Å². The quantitative estimate of drug-likeness (QED) is 0.785. The fourth-order valence-electron chi connectivity index (χ4n) is 4.67. The van der Waals surface area contributed by atoms with Gasteiger partial charge >= 0.3 is 5.97 Å². The molecule has 1 aromatic carbocycles. The van der Waals surface area contributed by atoms with E-state index in [1.165, 1.54) is 0 Å². The molecule has 0 radical (unpaired) electrons. The van der Waals surface area contributed by atoms with Crippen LogP contribution < -0.4 is 10.6 Å². The van der Waals surface area contributed by atoms with E-state index in [0.717, 1.165) is 6.42 Å². The molecule has 0 saturated carbocycles. The molecule has 1 aliphatic carbocycles. The number of para-hydroxylation sites is 1. The molecule has 0 aromatic heterocycles. The van der Waals surface area contributed by atoms with Crippen LogP contribution >= 0.6 is 0 Å². The molecule has 29 heavy (non-hydrogen) atoms. The Morgan fingerprint density at radius 1 is 1.24 bits per heavy atom. The molecule has 1 spiro atoms. The molecule has 2 heterocycles. The maximum Gasteiger partial charge on any atom is 0.341 e. The standard InChI is InChI=1S/C22H24N2O5/c1-3-12-24-14-9-6-5-8-13(14)22(21(24)27)17-15(25)10-7-11-16(17)29-19(23)18(22)20(26)28-4-2/h5-6,8-9H,3-4,7,10-12,23H2,1-2H3/t22-/m1/s1. The number of fused-ring (bicyclic) bond motifs is 3. The number of ether oxygens (including phenoxy) is 2. The van der Waals surface area contributed by atoms with E-state index in [1.807, 2.05) is 19.1 Å². The van der Waals surface area contributed by atoms with Crippen LogP contribution in [0.25, 0.3) is 0 Å². The molecule has 0 fully saturated rings. The number of rotatable bonds is 4. The average molecular weight is 396 g/mol. The zero-order chi connectivity index (χ0) is 20.8. The molecule has 1 amide bonds. The summed E-state index contributed by atoms with van der Waals surface area (Å²) in [6.07, 6.45) is 2.12. The van der Waals surface area contributed by atoms with Gasteiger partial charge in [-0.3, -0.25) is 9.59 Å². The first-order chi connectivity index (χ1) is 14.0. The monoisotopic (exact) mass is 396 g/mol. The van der Waals surface area contributed by atoms with E-state index in [0.29, 0.717) is 42.8 Å². The molecule has 2 aliphatic heterocycles. The summed E-state index contributed by atoms with van der Waals surface area (Å²) in [7, 11) is 0. The number of allylic oxidation sites excluding steroid dienone is 1. The van der Waals surface area contributed by atoms with Crippen molar-refractivity contribution >= 4 is 23.3 Å². The Labute approximate surface area is 169 Å². The highest BCUT2D eigenvalue weighted by atomic mass is 16.5. The number of amides is 1. The fourth-order valence-corrected chi connectivity index (χ4v) is 4.67. The van der Waals surface area contributed by atoms with E-state index in [9.17, 15) is 14.4 Å². The van der Waals surface area contributed by atoms with Crippen LogP contribution in [-0.4, -0.2) is 30.8 Å². The normalized spacial score (nSPS) is 23.3. The molecule has 1 aromatic rings. The van der Waals surface area contributed by atoms with Crippen molar-refractivity contribution in [2.45, 2.75) is 44.9 Å². The van der Waals surface area contributed by atoms with Crippen LogP contribution in [0.2, 0.25) is 0 Å². The van der Waals surface area contributed by atoms with Gasteiger partial charge in [0, 0.05) is 30.6 Å². The van der Waals surface area contributed by atoms with Crippen molar-refractivity contribution in [1.82, 2.24) is 0 Å². The Hall–Kier alpha value is -3.09. The van der Waals surface area contributed by atoms with Gasteiger partial charge in [-0.15, -0.1) is 0 Å². The number of esters is 1. The Kier molecular flexibility index (Phi) is 4.68. The number of hydrogen-bond acceptors (Lipinski definition) is 6. The molecule has 0 unspecified atom stereocenters. The lowest BCUT2D eigenvalue weighted by Gasteiger charge is -2.38. The third-order valence-electron chi connectivity index (χ3n) is 5.69. The van der Waals surface area contributed by atoms with Crippen LogP contribution in [0.15, 0.2) is 47.1 Å². The molecule has 0 bridgehead atoms. The summed E-state index contributed by atoms with van der Waals surface area (Å²) in [4.78, 5) is 41.8. The number of carbonyl (C=O) groups is 3. The highest BCUT2D eigenvalue weighted by molar-refractivity contribution is 6.23. The van der Waals surface area contributed by atoms with Crippen molar-refractivity contribution in [3.05, 3.63) is 52.6 Å². The van der Waals surface area contributed by atoms with Crippen LogP contribution in [0.3, 0.4) is 0 Å². The number of anilines is 1. The first-order valence-electron chi connectivity index (χ1n) is 10.0. The van der Waals surface area contributed by atoms with Gasteiger partial charge in [0.05, 0.1) is 12.2 Å². The first kappa shape index (κ1) is 19.2. The van der Waals surface area contributed by atoms with Crippen LogP contribution in [0, 0.1) is 0 Å². The first-order valence-corrected chi connectivity index (χ1v) is 10.0. The third kappa shape index (κ3) is 2.53. The van der Waals surface area contributed by atoms with Gasteiger partial charge in [-0.1, -0.05) is 25.1 Å². The minimum atomic E-state index is -1.62. The van der Waals surface area contributed by atoms with E-state index in [-0.39, 0.29) is 35.3 Å². The van der Waals surface area contributed by atoms with Crippen LogP contribution in [0.4, 0.5) is 5.69 Å². The molecular weight excluding hydrogens is 372 g/mol. The Bertz CT molecular complexity index is 977. The van der Waals surface area contributed by atoms with E-state index in [4.69, 9.17) is 15.2 Å². The van der Waals surface area contributed by atoms with Crippen molar-refractivity contribution < 1.29 is 23.9 Å². The maximum absolute atomic E-state index is 14.0. The molecule has 152 valence electrons. The van der Waals surface area contributed by atoms with E-state index < -0.39 is 11.4 Å². The number of nitrogens with zero attached hydrogens (tertiary/aromatic N) is 1. The summed E-state index contributed by atoms with van der Waals surface area (Å²) >= 11 is 0. The SMILES string of the molecule is CCCN1C(=O)[C@]2(C(C(=O)OCC)=C(N)OC3=C2C(=O)CCC3)c2ccccc21. The number of Topliss-reactive ketones (excluding diaryl/α,β-unsaturated/α-hetero) is 1. The van der Waals surface area contributed by atoms with Gasteiger partial charge in [0.15, 0.2) is 5.78 Å². The second-order valence-corrected chi connectivity index (χ2v) is 7.36. The van der Waals surface area contributed by atoms with Crippen LogP contribution in [-0.2, 0) is 29.3 Å². The lowest BCUT2D eigenvalue weighted by Crippen LogP contribution is -2.51. The van der Waals surface area contributed by atoms with Crippen molar-refractivity contribution in [3.8, 4) is 0 Å². The fraction of sp³-hybridized carbons (Fsp3) is 0.409. The molecule has 1 atom stereocenters. The zero-order valence-electron chi connectivity index (χ0n) is 16.6. The average Bonchev–Trinajstić information content (AvgIpc) is 2.92. The van der Waals surface area contributed by atoms with Gasteiger partial charge in [-0.05, 0) is 25.8 Å². The number of carbonyl (C=O) groups excluding carboxylic acids is 3. The molecule has 3 aliphatic rings. The zero-order valence-corrected chi connectivity index (χ0v) is 16.6. The van der Waals surface area contributed by atoms with Crippen molar-refractivity contribution in [3.63, 3.8) is 0 Å². The summed E-state index contributed by atoms with van der Waals surface area (Å²) in [6.45, 7) is 4.22. The smallest absolute Gasteiger partial charge is 0.341 e. The minimum absolute atomic E-state index is 0.0931. The Morgan fingerprint density at radius 3 is 2.72 bits per heavy atom. The summed E-state index contributed by atoms with van der Waals surface area (Å²) in [5.41, 5.74) is 5.98. The number of ketones is 1. The molecule has 7 nitrogen and oxygen atoms in total. The lowest BCUT2D eigenvalue weighted by atomic mass is 9.64. The highest BCUT2D eigenvalue weighted by Gasteiger charge is 2.63. The predicted molar refractivity (Wildman–Crippen MR) is 106 cm³/mol. The van der Waals surface area contributed by atoms with Gasteiger partial charge in [0.2, 0.25) is 11.8 Å². The maximum atomic E-state index is 14.0. The van der Waals surface area contributed by atoms with E-state index in [1.54, 1.807) is 24.0 Å². The summed E-state index contributed by atoms with van der Waals surface area (Å²) in [5, 5.41) is 0. The molecule has 7 heteroatoms. The van der Waals surface area contributed by atoms with Gasteiger partial charge in [0.25, 0.3) is 0 Å². The van der Waals surface area contributed by atoms with E-state index >= 15 is 0 Å². The predicted octanol–water partition coefficient (Wildman–Crippen LogP) is 2.45.